The average Bonchev–Trinajstić information content (AvgIpc) is 3.51. The highest BCUT2D eigenvalue weighted by atomic mass is 28.4. The van der Waals surface area contributed by atoms with Gasteiger partial charge in [-0.3, -0.25) is 9.59 Å². The number of halogens is 1. The quantitative estimate of drug-likeness (QED) is 0.182. The van der Waals surface area contributed by atoms with Gasteiger partial charge in [0.25, 0.3) is 5.91 Å². The van der Waals surface area contributed by atoms with E-state index in [0.29, 0.717) is 12.0 Å². The van der Waals surface area contributed by atoms with Crippen molar-refractivity contribution in [1.29, 1.82) is 0 Å². The summed E-state index contributed by atoms with van der Waals surface area (Å²) in [7, 11) is 0.463. The molecule has 2 heterocycles. The number of phenolic OH excluding ortho intramolecular Hbond substituents is 1. The van der Waals surface area contributed by atoms with Gasteiger partial charge in [-0.15, -0.1) is 0 Å². The molecule has 2 aliphatic rings. The van der Waals surface area contributed by atoms with Gasteiger partial charge in [-0.25, -0.2) is 14.1 Å². The molecule has 0 fully saturated rings. The highest BCUT2D eigenvalue weighted by Gasteiger charge is 2.51. The molecule has 0 aliphatic carbocycles. The molecule has 3 aromatic carbocycles. The Bertz CT molecular complexity index is 1810. The molecule has 2 amide bonds. The summed E-state index contributed by atoms with van der Waals surface area (Å²) in [6.07, 6.45) is 0.239. The number of Topliss-reactive ketones (excluding diaryl/α,β-unsaturated/α-hetero) is 1. The van der Waals surface area contributed by atoms with Crippen LogP contribution in [-0.4, -0.2) is 75.1 Å². The largest absolute Gasteiger partial charge is 0.504 e. The first kappa shape index (κ1) is 37.5. The first-order valence-corrected chi connectivity index (χ1v) is 19.8. The van der Waals surface area contributed by atoms with Crippen molar-refractivity contribution in [3.63, 3.8) is 0 Å². The number of nitrogens with one attached hydrogen (secondary N) is 2. The van der Waals surface area contributed by atoms with Gasteiger partial charge in [0.2, 0.25) is 0 Å². The van der Waals surface area contributed by atoms with Crippen LogP contribution in [0.5, 0.6) is 11.5 Å². The minimum Gasteiger partial charge on any atom is -0.504 e. The number of nitrogens with zero attached hydrogens (tertiary/aromatic N) is 2. The highest BCUT2D eigenvalue weighted by molar-refractivity contribution is 6.74. The molecule has 0 radical (unpaired) electrons. The number of carbonyl (C=O) groups is 3. The zero-order valence-electron chi connectivity index (χ0n) is 30.4. The van der Waals surface area contributed by atoms with E-state index in [1.165, 1.54) is 36.3 Å². The monoisotopic (exact) mass is 718 g/mol. The van der Waals surface area contributed by atoms with Gasteiger partial charge < -0.3 is 34.5 Å². The smallest absolute Gasteiger partial charge is 0.416 e. The van der Waals surface area contributed by atoms with Gasteiger partial charge in [0.1, 0.15) is 12.4 Å². The van der Waals surface area contributed by atoms with E-state index in [9.17, 15) is 23.9 Å². The Morgan fingerprint density at radius 3 is 2.35 bits per heavy atom. The first-order valence-electron chi connectivity index (χ1n) is 16.9. The zero-order valence-corrected chi connectivity index (χ0v) is 31.4. The zero-order chi connectivity index (χ0) is 37.2. The van der Waals surface area contributed by atoms with Crippen LogP contribution in [0.25, 0.3) is 5.57 Å². The molecule has 0 bridgehead atoms. The van der Waals surface area contributed by atoms with Gasteiger partial charge >= 0.3 is 6.09 Å². The molecule has 13 heteroatoms. The summed E-state index contributed by atoms with van der Waals surface area (Å²) in [6.45, 7) is 12.2. The van der Waals surface area contributed by atoms with E-state index in [2.05, 4.69) is 44.5 Å². The van der Waals surface area contributed by atoms with Gasteiger partial charge in [-0.05, 0) is 85.6 Å². The molecule has 51 heavy (non-hydrogen) atoms. The van der Waals surface area contributed by atoms with Gasteiger partial charge in [-0.1, -0.05) is 45.0 Å². The fourth-order valence-electron chi connectivity index (χ4n) is 5.73. The molecule has 0 unspecified atom stereocenters. The molecular weight excluding hydrogens is 672 g/mol. The van der Waals surface area contributed by atoms with Crippen LogP contribution in [0.2, 0.25) is 18.1 Å². The second-order valence-corrected chi connectivity index (χ2v) is 19.2. The number of carbonyl (C=O) groups excluding carboxylic acids is 3. The summed E-state index contributed by atoms with van der Waals surface area (Å²) in [6, 6.07) is 15.0. The number of hydrogen-bond donors (Lipinski definition) is 3. The lowest BCUT2D eigenvalue weighted by Gasteiger charge is -2.44. The Balaban J connectivity index is 1.52. The van der Waals surface area contributed by atoms with Crippen LogP contribution < -0.4 is 20.3 Å². The van der Waals surface area contributed by atoms with Gasteiger partial charge in [0.15, 0.2) is 31.8 Å². The predicted octanol–water partition coefficient (Wildman–Crippen LogP) is 6.89. The van der Waals surface area contributed by atoms with Gasteiger partial charge in [0.05, 0.1) is 37.0 Å². The normalized spacial score (nSPS) is 18.0. The Morgan fingerprint density at radius 2 is 1.75 bits per heavy atom. The molecule has 0 aromatic heterocycles. The van der Waals surface area contributed by atoms with E-state index in [0.717, 1.165) is 16.8 Å². The molecule has 2 aliphatic heterocycles. The lowest BCUT2D eigenvalue weighted by Crippen LogP contribution is -2.57. The highest BCUT2D eigenvalue weighted by Crippen LogP contribution is 2.46. The Morgan fingerprint density at radius 1 is 1.08 bits per heavy atom. The van der Waals surface area contributed by atoms with E-state index in [4.69, 9.17) is 13.9 Å². The number of ether oxygens (including phenoxy) is 2. The lowest BCUT2D eigenvalue weighted by molar-refractivity contribution is -0.118. The number of benzene rings is 3. The summed E-state index contributed by atoms with van der Waals surface area (Å²) in [5, 5.41) is 16.7. The standard InChI is InChI=1S/C38H47FN4O7Si/c1-23(40-5)33(45)20-41-28-15-9-24(10-16-28)22-49-37(47)43-30-19-32(44)34(48-6)18-29(30)35(46)42-21-26(25-11-13-27(39)14-12-25)17-31(42)36(43)50-51(7,8)38(2,3)4/h9-16,18-19,21,23,31,36,40-41,44H,17,20,22H2,1-8H3/t23-,31-,36-/m0/s1. The van der Waals surface area contributed by atoms with Crippen LogP contribution in [-0.2, 0) is 20.6 Å². The molecule has 3 N–H and O–H groups in total. The number of phenols is 1. The number of rotatable bonds is 11. The number of aromatic hydroxyl groups is 1. The van der Waals surface area contributed by atoms with Crippen molar-refractivity contribution >= 4 is 43.0 Å². The van der Waals surface area contributed by atoms with E-state index in [-0.39, 0.29) is 58.6 Å². The maximum Gasteiger partial charge on any atom is 0.416 e. The van der Waals surface area contributed by atoms with Crippen molar-refractivity contribution in [2.24, 2.45) is 0 Å². The minimum atomic E-state index is -2.65. The number of fused-ring (bicyclic) bond motifs is 2. The van der Waals surface area contributed by atoms with Crippen LogP contribution in [0.15, 0.2) is 66.9 Å². The summed E-state index contributed by atoms with van der Waals surface area (Å²) in [4.78, 5) is 43.9. The van der Waals surface area contributed by atoms with Crippen molar-refractivity contribution in [2.45, 2.75) is 77.2 Å². The van der Waals surface area contributed by atoms with Crippen molar-refractivity contribution in [1.82, 2.24) is 10.2 Å². The maximum atomic E-state index is 14.4. The van der Waals surface area contributed by atoms with Gasteiger partial charge in [0, 0.05) is 18.0 Å². The number of hydrogen-bond acceptors (Lipinski definition) is 9. The molecule has 272 valence electrons. The van der Waals surface area contributed by atoms with Crippen LogP contribution in [0.4, 0.5) is 20.6 Å². The molecule has 3 atom stereocenters. The van der Waals surface area contributed by atoms with Crippen LogP contribution in [0, 0.1) is 5.82 Å². The minimum absolute atomic E-state index is 0.0191. The summed E-state index contributed by atoms with van der Waals surface area (Å²) >= 11 is 0. The molecule has 0 spiro atoms. The van der Waals surface area contributed by atoms with Crippen molar-refractivity contribution < 1.29 is 37.8 Å². The third-order valence-electron chi connectivity index (χ3n) is 10.0. The molecule has 11 nitrogen and oxygen atoms in total. The lowest BCUT2D eigenvalue weighted by atomic mass is 10.0. The van der Waals surface area contributed by atoms with E-state index in [1.54, 1.807) is 61.5 Å². The van der Waals surface area contributed by atoms with Crippen LogP contribution >= 0.6 is 0 Å². The van der Waals surface area contributed by atoms with E-state index in [1.807, 2.05) is 0 Å². The molecule has 0 saturated heterocycles. The number of ketones is 1. The second kappa shape index (κ2) is 14.9. The second-order valence-electron chi connectivity index (χ2n) is 14.4. The van der Waals surface area contributed by atoms with Gasteiger partial charge in [-0.2, -0.15) is 0 Å². The number of methoxy groups -OCH3 is 1. The SMILES string of the molecule is CN[C@@H](C)C(=O)CNc1ccc(COC(=O)N2c3cc(O)c(OC)cc3C(=O)N3C=C(c4ccc(F)cc4)C[C@H]3[C@@H]2O[Si](C)(C)C(C)(C)C)cc1. The topological polar surface area (TPSA) is 130 Å². The van der Waals surface area contributed by atoms with E-state index < -0.39 is 32.6 Å². The fourth-order valence-corrected chi connectivity index (χ4v) is 6.95. The van der Waals surface area contributed by atoms with Crippen LogP contribution in [0.3, 0.4) is 0 Å². The average molecular weight is 719 g/mol. The third-order valence-corrected chi connectivity index (χ3v) is 14.5. The summed E-state index contributed by atoms with van der Waals surface area (Å²) in [5.74, 6) is -0.977. The van der Waals surface area contributed by atoms with E-state index >= 15 is 0 Å². The molecule has 0 saturated carbocycles. The third kappa shape index (κ3) is 7.95. The van der Waals surface area contributed by atoms with Crippen molar-refractivity contribution in [3.8, 4) is 11.5 Å². The number of anilines is 2. The fraction of sp³-hybridized carbons (Fsp3) is 0.395. The van der Waals surface area contributed by atoms with Crippen molar-refractivity contribution in [2.75, 3.05) is 30.9 Å². The maximum absolute atomic E-state index is 14.4. The predicted molar refractivity (Wildman–Crippen MR) is 197 cm³/mol. The van der Waals surface area contributed by atoms with Crippen LogP contribution in [0.1, 0.15) is 55.6 Å². The molecule has 5 rings (SSSR count). The Labute approximate surface area is 299 Å². The van der Waals surface area contributed by atoms with Crippen molar-refractivity contribution in [3.05, 3.63) is 89.4 Å². The Kier molecular flexibility index (Phi) is 10.9. The number of likely N-dealkylation sites (N-methyl/N-ethyl adjacent to an activating group) is 1. The summed E-state index contributed by atoms with van der Waals surface area (Å²) in [5.41, 5.74) is 3.17. The Hall–Kier alpha value is -4.72. The number of amides is 2. The molecule has 3 aromatic rings. The summed E-state index contributed by atoms with van der Waals surface area (Å²) < 4.78 is 32.2. The first-order chi connectivity index (χ1) is 24.0. The molecular formula is C38H47FN4O7Si.